The van der Waals surface area contributed by atoms with E-state index in [9.17, 15) is 36.0 Å². The number of hydrogen-bond donors (Lipinski definition) is 0. The van der Waals surface area contributed by atoms with E-state index in [2.05, 4.69) is 10.8 Å². The van der Waals surface area contributed by atoms with Gasteiger partial charge < -0.3 is 14.2 Å². The minimum Gasteiger partial charge on any atom is -0.469 e. The summed E-state index contributed by atoms with van der Waals surface area (Å²) in [7, 11) is -4.85. The summed E-state index contributed by atoms with van der Waals surface area (Å²) >= 11 is 0. The van der Waals surface area contributed by atoms with Crippen LogP contribution in [0.2, 0.25) is 0 Å². The second kappa shape index (κ2) is 7.24. The molecular weight excluding hydrogens is 509 g/mol. The Morgan fingerprint density at radius 1 is 1.19 bits per heavy atom. The van der Waals surface area contributed by atoms with Crippen molar-refractivity contribution in [3.63, 3.8) is 0 Å². The van der Waals surface area contributed by atoms with E-state index in [1.807, 2.05) is 0 Å². The zero-order valence-electron chi connectivity index (χ0n) is 20.0. The van der Waals surface area contributed by atoms with Crippen LogP contribution in [0.1, 0.15) is 52.4 Å². The summed E-state index contributed by atoms with van der Waals surface area (Å²) in [6.45, 7) is 6.72. The number of alkyl halides is 3. The van der Waals surface area contributed by atoms with Gasteiger partial charge in [0.1, 0.15) is 16.6 Å². The first-order valence-corrected chi connectivity index (χ1v) is 13.1. The summed E-state index contributed by atoms with van der Waals surface area (Å²) in [5.41, 5.74) is -10.1. The zero-order chi connectivity index (χ0) is 26.7. The van der Waals surface area contributed by atoms with Gasteiger partial charge in [0.15, 0.2) is 0 Å². The first-order chi connectivity index (χ1) is 16.5. The number of hydrogen-bond acceptors (Lipinski definition) is 9. The standard InChI is InChI=1S/C23H27F3O9S/c1-11-9-20-10-21(11,33-12(2)27)7-5-13(20)22-8-6-14(35-36(30,31)23(24,25)26)19(3,18(29)34-22)16(22)15(20)17(28)32-4/h13-16H,1,5-10H2,2-4H3/t13?,14-,15?,16?,19+,20+,21+,22-/m1/s1. The molecule has 1 heterocycles. The number of methoxy groups -OCH3 is 1. The van der Waals surface area contributed by atoms with Gasteiger partial charge in [-0.25, -0.2) is 0 Å². The van der Waals surface area contributed by atoms with Crippen LogP contribution in [0.15, 0.2) is 12.2 Å². The average Bonchev–Trinajstić information content (AvgIpc) is 3.18. The van der Waals surface area contributed by atoms with Crippen LogP contribution in [0.3, 0.4) is 0 Å². The minimum atomic E-state index is -6.02. The SMILES string of the molecule is C=C1C[C@]23C[C@@]1(OC(C)=O)CCC2[C@@]12CC[C@@H](OS(=O)(=O)C(F)(F)F)[C@](C)(C(=O)O1)C2C3C(=O)OC. The number of carbonyl (C=O) groups is 3. The minimum absolute atomic E-state index is 0.0179. The van der Waals surface area contributed by atoms with E-state index in [-0.39, 0.29) is 25.7 Å². The van der Waals surface area contributed by atoms with Crippen LogP contribution in [-0.2, 0) is 42.9 Å². The van der Waals surface area contributed by atoms with Crippen LogP contribution in [0.25, 0.3) is 0 Å². The van der Waals surface area contributed by atoms with E-state index >= 15 is 0 Å². The van der Waals surface area contributed by atoms with Gasteiger partial charge in [0.05, 0.1) is 19.1 Å². The predicted octanol–water partition coefficient (Wildman–Crippen LogP) is 2.78. The van der Waals surface area contributed by atoms with Crippen LogP contribution in [0.5, 0.6) is 0 Å². The largest absolute Gasteiger partial charge is 0.523 e. The first-order valence-electron chi connectivity index (χ1n) is 11.7. The van der Waals surface area contributed by atoms with Gasteiger partial charge in [-0.3, -0.25) is 18.6 Å². The monoisotopic (exact) mass is 536 g/mol. The molecule has 0 N–H and O–H groups in total. The van der Waals surface area contributed by atoms with E-state index in [1.54, 1.807) is 0 Å². The molecule has 0 aromatic carbocycles. The Kier molecular flexibility index (Phi) is 5.13. The van der Waals surface area contributed by atoms with Crippen molar-refractivity contribution in [1.29, 1.82) is 0 Å². The molecule has 4 saturated carbocycles. The molecule has 1 aliphatic heterocycles. The van der Waals surface area contributed by atoms with E-state index in [0.29, 0.717) is 18.4 Å². The summed E-state index contributed by atoms with van der Waals surface area (Å²) in [6.07, 6.45) is -0.578. The predicted molar refractivity (Wildman–Crippen MR) is 113 cm³/mol. The number of fused-ring (bicyclic) bond motifs is 1. The second-order valence-electron chi connectivity index (χ2n) is 11.0. The van der Waals surface area contributed by atoms with Gasteiger partial charge in [-0.1, -0.05) is 6.58 Å². The lowest BCUT2D eigenvalue weighted by molar-refractivity contribution is -0.169. The third kappa shape index (κ3) is 2.87. The lowest BCUT2D eigenvalue weighted by atomic mass is 9.59. The molecule has 9 nitrogen and oxygen atoms in total. The molecule has 4 bridgehead atoms. The topological polar surface area (TPSA) is 122 Å². The quantitative estimate of drug-likeness (QED) is 0.175. The Hall–Kier alpha value is -2.15. The Bertz CT molecular complexity index is 1180. The maximum atomic E-state index is 13.4. The molecule has 0 aromatic rings. The van der Waals surface area contributed by atoms with Crippen molar-refractivity contribution in [1.82, 2.24) is 0 Å². The fraction of sp³-hybridized carbons (Fsp3) is 0.783. The second-order valence-corrected chi connectivity index (χ2v) is 12.6. The highest BCUT2D eigenvalue weighted by Gasteiger charge is 2.85. The van der Waals surface area contributed by atoms with Crippen LogP contribution < -0.4 is 0 Å². The third-order valence-electron chi connectivity index (χ3n) is 9.56. The van der Waals surface area contributed by atoms with Crippen molar-refractivity contribution < 1.29 is 54.4 Å². The number of esters is 3. The zero-order valence-corrected chi connectivity index (χ0v) is 20.8. The maximum absolute atomic E-state index is 13.4. The molecule has 5 aliphatic rings. The number of halogens is 3. The first kappa shape index (κ1) is 25.5. The number of carbonyl (C=O) groups excluding carboxylic acids is 3. The van der Waals surface area contributed by atoms with Crippen molar-refractivity contribution in [3.8, 4) is 0 Å². The molecule has 1 spiro atoms. The van der Waals surface area contributed by atoms with E-state index in [1.165, 1.54) is 21.0 Å². The lowest BCUT2D eigenvalue weighted by Crippen LogP contribution is -2.55. The van der Waals surface area contributed by atoms with E-state index in [4.69, 9.17) is 14.2 Å². The van der Waals surface area contributed by atoms with Gasteiger partial charge in [-0.05, 0) is 56.4 Å². The summed E-state index contributed by atoms with van der Waals surface area (Å²) in [4.78, 5) is 38.7. The van der Waals surface area contributed by atoms with Gasteiger partial charge in [-0.15, -0.1) is 0 Å². The molecule has 13 heteroatoms. The van der Waals surface area contributed by atoms with Crippen LogP contribution in [-0.4, -0.2) is 56.2 Å². The van der Waals surface area contributed by atoms with Crippen molar-refractivity contribution in [2.24, 2.45) is 28.6 Å². The van der Waals surface area contributed by atoms with Crippen molar-refractivity contribution in [2.45, 2.75) is 75.2 Å². The molecule has 0 aromatic heterocycles. The molecule has 5 fully saturated rings. The van der Waals surface area contributed by atoms with E-state index in [0.717, 1.165) is 0 Å². The number of ether oxygens (including phenoxy) is 3. The highest BCUT2D eigenvalue weighted by atomic mass is 32.2. The van der Waals surface area contributed by atoms with Crippen molar-refractivity contribution in [2.75, 3.05) is 7.11 Å². The van der Waals surface area contributed by atoms with Gasteiger partial charge in [0.2, 0.25) is 0 Å². The number of rotatable bonds is 4. The smallest absolute Gasteiger partial charge is 0.469 e. The van der Waals surface area contributed by atoms with Gasteiger partial charge >= 0.3 is 33.5 Å². The van der Waals surface area contributed by atoms with Gasteiger partial charge in [0.25, 0.3) is 0 Å². The normalized spacial score (nSPS) is 45.1. The highest BCUT2D eigenvalue weighted by Crippen LogP contribution is 2.79. The Labute approximate surface area is 205 Å². The van der Waals surface area contributed by atoms with Crippen LogP contribution in [0.4, 0.5) is 13.2 Å². The molecule has 1 saturated heterocycles. The molecular formula is C23H27F3O9S. The fourth-order valence-corrected chi connectivity index (χ4v) is 9.22. The molecule has 36 heavy (non-hydrogen) atoms. The van der Waals surface area contributed by atoms with Crippen molar-refractivity contribution in [3.05, 3.63) is 12.2 Å². The van der Waals surface area contributed by atoms with Gasteiger partial charge in [0, 0.05) is 18.8 Å². The van der Waals surface area contributed by atoms with E-state index < -0.39 is 79.4 Å². The summed E-state index contributed by atoms with van der Waals surface area (Å²) in [6, 6.07) is 0. The Balaban J connectivity index is 1.65. The summed E-state index contributed by atoms with van der Waals surface area (Å²) < 4.78 is 84.8. The average molecular weight is 537 g/mol. The molecule has 200 valence electrons. The molecule has 4 aliphatic carbocycles. The van der Waals surface area contributed by atoms with Crippen LogP contribution in [0, 0.1) is 28.6 Å². The molecule has 3 unspecified atom stereocenters. The Morgan fingerprint density at radius 2 is 1.86 bits per heavy atom. The molecule has 0 radical (unpaired) electrons. The highest BCUT2D eigenvalue weighted by molar-refractivity contribution is 7.87. The summed E-state index contributed by atoms with van der Waals surface area (Å²) in [5.74, 6) is -4.54. The summed E-state index contributed by atoms with van der Waals surface area (Å²) in [5, 5.41) is 0. The molecule has 8 atom stereocenters. The Morgan fingerprint density at radius 3 is 2.44 bits per heavy atom. The molecule has 0 amide bonds. The lowest BCUT2D eigenvalue weighted by Gasteiger charge is -2.46. The maximum Gasteiger partial charge on any atom is 0.523 e. The van der Waals surface area contributed by atoms with Crippen LogP contribution >= 0.6 is 0 Å². The van der Waals surface area contributed by atoms with Gasteiger partial charge in [-0.2, -0.15) is 21.6 Å². The third-order valence-corrected chi connectivity index (χ3v) is 10.6. The van der Waals surface area contributed by atoms with Crippen molar-refractivity contribution >= 4 is 28.0 Å². The molecule has 5 rings (SSSR count). The fourth-order valence-electron chi connectivity index (χ4n) is 8.51.